The minimum atomic E-state index is -0.560. The van der Waals surface area contributed by atoms with Crippen molar-refractivity contribution < 1.29 is 19.1 Å². The third-order valence-electron chi connectivity index (χ3n) is 4.62. The predicted molar refractivity (Wildman–Crippen MR) is 124 cm³/mol. The van der Waals surface area contributed by atoms with E-state index in [0.29, 0.717) is 35.4 Å². The quantitative estimate of drug-likeness (QED) is 0.654. The third-order valence-corrected chi connectivity index (χ3v) is 5.81. The van der Waals surface area contributed by atoms with Gasteiger partial charge in [0.1, 0.15) is 16.7 Å². The number of anilines is 1. The molecule has 164 valence electrons. The SMILES string of the molecule is CCCOc1ccc(NC(=O)[C@H]2CC(=O)N(CC)C(=Nc3cccc(OC)c3)S2)cc1. The monoisotopic (exact) mass is 441 g/mol. The van der Waals surface area contributed by atoms with E-state index in [-0.39, 0.29) is 18.2 Å². The molecule has 1 atom stereocenters. The zero-order valence-electron chi connectivity index (χ0n) is 18.0. The van der Waals surface area contributed by atoms with Gasteiger partial charge in [0.25, 0.3) is 0 Å². The summed E-state index contributed by atoms with van der Waals surface area (Å²) < 4.78 is 10.8. The first-order valence-corrected chi connectivity index (χ1v) is 11.2. The molecule has 0 bridgehead atoms. The van der Waals surface area contributed by atoms with Crippen molar-refractivity contribution in [2.24, 2.45) is 4.99 Å². The predicted octanol–water partition coefficient (Wildman–Crippen LogP) is 4.46. The van der Waals surface area contributed by atoms with Crippen molar-refractivity contribution in [2.45, 2.75) is 31.9 Å². The first-order chi connectivity index (χ1) is 15.0. The molecule has 0 aliphatic carbocycles. The van der Waals surface area contributed by atoms with Crippen molar-refractivity contribution in [2.75, 3.05) is 25.6 Å². The Kier molecular flexibility index (Phi) is 7.94. The minimum absolute atomic E-state index is 0.119. The summed E-state index contributed by atoms with van der Waals surface area (Å²) in [6.07, 6.45) is 1.05. The van der Waals surface area contributed by atoms with Crippen LogP contribution >= 0.6 is 11.8 Å². The van der Waals surface area contributed by atoms with Crippen LogP contribution in [0.5, 0.6) is 11.5 Å². The summed E-state index contributed by atoms with van der Waals surface area (Å²) in [7, 11) is 1.59. The van der Waals surface area contributed by atoms with Gasteiger partial charge in [-0.25, -0.2) is 4.99 Å². The highest BCUT2D eigenvalue weighted by atomic mass is 32.2. The molecule has 2 aromatic carbocycles. The first-order valence-electron chi connectivity index (χ1n) is 10.3. The summed E-state index contributed by atoms with van der Waals surface area (Å²) >= 11 is 1.30. The topological polar surface area (TPSA) is 80.2 Å². The number of nitrogens with zero attached hydrogens (tertiary/aromatic N) is 2. The van der Waals surface area contributed by atoms with Gasteiger partial charge in [0.2, 0.25) is 11.8 Å². The van der Waals surface area contributed by atoms with Crippen LogP contribution in [0.1, 0.15) is 26.7 Å². The molecule has 0 aromatic heterocycles. The Morgan fingerprint density at radius 2 is 1.97 bits per heavy atom. The number of methoxy groups -OCH3 is 1. The van der Waals surface area contributed by atoms with E-state index in [1.807, 2.05) is 44.2 Å². The highest BCUT2D eigenvalue weighted by molar-refractivity contribution is 8.15. The molecule has 1 heterocycles. The van der Waals surface area contributed by atoms with Crippen molar-refractivity contribution in [3.05, 3.63) is 48.5 Å². The van der Waals surface area contributed by atoms with Crippen molar-refractivity contribution in [3.8, 4) is 11.5 Å². The molecular weight excluding hydrogens is 414 g/mol. The molecule has 1 fully saturated rings. The highest BCUT2D eigenvalue weighted by Gasteiger charge is 2.35. The lowest BCUT2D eigenvalue weighted by Gasteiger charge is -2.30. The number of hydrogen-bond acceptors (Lipinski definition) is 6. The molecule has 8 heteroatoms. The summed E-state index contributed by atoms with van der Waals surface area (Å²) in [5.41, 5.74) is 1.32. The van der Waals surface area contributed by atoms with Crippen LogP contribution in [0.15, 0.2) is 53.5 Å². The van der Waals surface area contributed by atoms with Gasteiger partial charge >= 0.3 is 0 Å². The molecule has 3 rings (SSSR count). The fourth-order valence-electron chi connectivity index (χ4n) is 3.02. The lowest BCUT2D eigenvalue weighted by Crippen LogP contribution is -2.45. The van der Waals surface area contributed by atoms with Crippen molar-refractivity contribution in [1.82, 2.24) is 4.90 Å². The van der Waals surface area contributed by atoms with Crippen LogP contribution in [-0.4, -0.2) is 47.4 Å². The average molecular weight is 442 g/mol. The zero-order chi connectivity index (χ0) is 22.2. The van der Waals surface area contributed by atoms with Gasteiger partial charge in [0.15, 0.2) is 5.17 Å². The average Bonchev–Trinajstić information content (AvgIpc) is 2.78. The Balaban J connectivity index is 1.73. The molecule has 2 amide bonds. The Bertz CT molecular complexity index is 946. The summed E-state index contributed by atoms with van der Waals surface area (Å²) in [5, 5.41) is 2.84. The van der Waals surface area contributed by atoms with E-state index < -0.39 is 5.25 Å². The zero-order valence-corrected chi connectivity index (χ0v) is 18.8. The summed E-state index contributed by atoms with van der Waals surface area (Å²) in [5.74, 6) is 1.09. The number of carbonyl (C=O) groups is 2. The van der Waals surface area contributed by atoms with Gasteiger partial charge in [-0.2, -0.15) is 0 Å². The van der Waals surface area contributed by atoms with Gasteiger partial charge < -0.3 is 14.8 Å². The number of amidine groups is 1. The number of carbonyl (C=O) groups excluding carboxylic acids is 2. The van der Waals surface area contributed by atoms with Crippen LogP contribution in [-0.2, 0) is 9.59 Å². The number of hydrogen-bond donors (Lipinski definition) is 1. The van der Waals surface area contributed by atoms with E-state index in [0.717, 1.165) is 12.2 Å². The molecular formula is C23H27N3O4S. The number of nitrogens with one attached hydrogen (secondary N) is 1. The molecule has 1 N–H and O–H groups in total. The number of amides is 2. The molecule has 2 aromatic rings. The molecule has 7 nitrogen and oxygen atoms in total. The highest BCUT2D eigenvalue weighted by Crippen LogP contribution is 2.30. The van der Waals surface area contributed by atoms with Gasteiger partial charge in [-0.15, -0.1) is 0 Å². The van der Waals surface area contributed by atoms with Gasteiger partial charge in [0.05, 0.1) is 19.4 Å². The van der Waals surface area contributed by atoms with E-state index in [4.69, 9.17) is 9.47 Å². The third kappa shape index (κ3) is 6.01. The summed E-state index contributed by atoms with van der Waals surface area (Å²) in [6.45, 7) is 5.07. The van der Waals surface area contributed by atoms with Crippen molar-refractivity contribution >= 4 is 40.1 Å². The standard InChI is InChI=1S/C23H27N3O4S/c1-4-13-30-18-11-9-16(10-12-18)24-22(28)20-15-21(27)26(5-2)23(31-20)25-17-7-6-8-19(14-17)29-3/h6-12,14,20H,4-5,13,15H2,1-3H3,(H,24,28)/t20-/m1/s1. The van der Waals surface area contributed by atoms with Gasteiger partial charge in [-0.1, -0.05) is 24.8 Å². The number of thioether (sulfide) groups is 1. The fourth-order valence-corrected chi connectivity index (χ4v) is 4.18. The fraction of sp³-hybridized carbons (Fsp3) is 0.348. The second-order valence-corrected chi connectivity index (χ2v) is 8.08. The Hall–Kier alpha value is -3.00. The molecule has 0 spiro atoms. The Morgan fingerprint density at radius 3 is 2.65 bits per heavy atom. The van der Waals surface area contributed by atoms with Crippen LogP contribution in [0.25, 0.3) is 0 Å². The Morgan fingerprint density at radius 1 is 1.19 bits per heavy atom. The number of benzene rings is 2. The molecule has 1 aliphatic rings. The number of rotatable bonds is 8. The van der Waals surface area contributed by atoms with Crippen molar-refractivity contribution in [1.29, 1.82) is 0 Å². The number of ether oxygens (including phenoxy) is 2. The van der Waals surface area contributed by atoms with E-state index >= 15 is 0 Å². The maximum atomic E-state index is 12.9. The first kappa shape index (κ1) is 22.7. The second kappa shape index (κ2) is 10.9. The summed E-state index contributed by atoms with van der Waals surface area (Å²) in [4.78, 5) is 31.7. The molecule has 1 aliphatic heterocycles. The molecule has 0 unspecified atom stereocenters. The Labute approximate surface area is 186 Å². The van der Waals surface area contributed by atoms with Crippen molar-refractivity contribution in [3.63, 3.8) is 0 Å². The minimum Gasteiger partial charge on any atom is -0.497 e. The maximum absolute atomic E-state index is 12.9. The van der Waals surface area contributed by atoms with E-state index in [1.54, 1.807) is 30.2 Å². The number of aliphatic imine (C=N–C) groups is 1. The van der Waals surface area contributed by atoms with Gasteiger partial charge in [-0.05, 0) is 49.7 Å². The van der Waals surface area contributed by atoms with E-state index in [1.165, 1.54) is 11.8 Å². The molecule has 0 radical (unpaired) electrons. The lowest BCUT2D eigenvalue weighted by atomic mass is 10.2. The smallest absolute Gasteiger partial charge is 0.238 e. The molecule has 0 saturated carbocycles. The van der Waals surface area contributed by atoms with Crippen LogP contribution < -0.4 is 14.8 Å². The largest absolute Gasteiger partial charge is 0.497 e. The lowest BCUT2D eigenvalue weighted by molar-refractivity contribution is -0.129. The molecule has 1 saturated heterocycles. The van der Waals surface area contributed by atoms with E-state index in [2.05, 4.69) is 10.3 Å². The normalized spacial score (nSPS) is 17.5. The summed E-state index contributed by atoms with van der Waals surface area (Å²) in [6, 6.07) is 14.5. The van der Waals surface area contributed by atoms with Crippen LogP contribution in [0.3, 0.4) is 0 Å². The van der Waals surface area contributed by atoms with Crippen LogP contribution in [0, 0.1) is 0 Å². The van der Waals surface area contributed by atoms with Crippen LogP contribution in [0.4, 0.5) is 11.4 Å². The van der Waals surface area contributed by atoms with Gasteiger partial charge in [-0.3, -0.25) is 14.5 Å². The maximum Gasteiger partial charge on any atom is 0.238 e. The second-order valence-electron chi connectivity index (χ2n) is 6.91. The van der Waals surface area contributed by atoms with Gasteiger partial charge in [0, 0.05) is 24.7 Å². The van der Waals surface area contributed by atoms with Crippen LogP contribution in [0.2, 0.25) is 0 Å². The van der Waals surface area contributed by atoms with E-state index in [9.17, 15) is 9.59 Å². The molecule has 31 heavy (non-hydrogen) atoms.